The monoisotopic (exact) mass is 269 g/mol. The lowest BCUT2D eigenvalue weighted by Crippen LogP contribution is -2.34. The molecule has 2 heterocycles. The molecular formula is C12H19N3O4. The second-order valence-corrected chi connectivity index (χ2v) is 4.78. The molecule has 1 fully saturated rings. The van der Waals surface area contributed by atoms with Gasteiger partial charge >= 0.3 is 5.69 Å². The van der Waals surface area contributed by atoms with E-state index >= 15 is 0 Å². The lowest BCUT2D eigenvalue weighted by Gasteiger charge is -2.15. The largest absolute Gasteiger partial charge is 0.394 e. The molecule has 106 valence electrons. The number of hydrogen-bond donors (Lipinski definition) is 3. The SMILES string of the molecule is CCCc1cn([C@@H]2CC(N)[C@H](CO)O2)c(=O)[nH]c1=O. The molecule has 7 nitrogen and oxygen atoms in total. The molecule has 0 aromatic carbocycles. The van der Waals surface area contributed by atoms with Crippen LogP contribution in [0.25, 0.3) is 0 Å². The van der Waals surface area contributed by atoms with Crippen LogP contribution in [0.3, 0.4) is 0 Å². The average molecular weight is 269 g/mol. The van der Waals surface area contributed by atoms with Gasteiger partial charge in [-0.25, -0.2) is 4.79 Å². The van der Waals surface area contributed by atoms with E-state index in [4.69, 9.17) is 15.6 Å². The average Bonchev–Trinajstić information content (AvgIpc) is 2.74. The van der Waals surface area contributed by atoms with Crippen LogP contribution in [0.2, 0.25) is 0 Å². The van der Waals surface area contributed by atoms with Gasteiger partial charge in [-0.1, -0.05) is 13.3 Å². The Morgan fingerprint density at radius 2 is 2.32 bits per heavy atom. The van der Waals surface area contributed by atoms with Gasteiger partial charge in [0.25, 0.3) is 5.56 Å². The molecule has 1 aliphatic heterocycles. The minimum absolute atomic E-state index is 0.183. The van der Waals surface area contributed by atoms with Gasteiger partial charge in [0.05, 0.1) is 12.7 Å². The van der Waals surface area contributed by atoms with Crippen molar-refractivity contribution in [3.8, 4) is 0 Å². The maximum Gasteiger partial charge on any atom is 0.330 e. The van der Waals surface area contributed by atoms with E-state index < -0.39 is 18.0 Å². The van der Waals surface area contributed by atoms with E-state index in [0.29, 0.717) is 18.4 Å². The zero-order valence-corrected chi connectivity index (χ0v) is 10.8. The molecule has 0 amide bonds. The molecule has 1 aliphatic rings. The van der Waals surface area contributed by atoms with Gasteiger partial charge < -0.3 is 15.6 Å². The Balaban J connectivity index is 2.33. The lowest BCUT2D eigenvalue weighted by molar-refractivity contribution is -0.0272. The number of H-pyrrole nitrogens is 1. The highest BCUT2D eigenvalue weighted by Gasteiger charge is 2.33. The van der Waals surface area contributed by atoms with Crippen LogP contribution < -0.4 is 17.0 Å². The predicted molar refractivity (Wildman–Crippen MR) is 68.9 cm³/mol. The Kier molecular flexibility index (Phi) is 4.18. The number of aromatic amines is 1. The summed E-state index contributed by atoms with van der Waals surface area (Å²) in [7, 11) is 0. The Morgan fingerprint density at radius 1 is 1.58 bits per heavy atom. The maximum absolute atomic E-state index is 11.8. The molecule has 0 spiro atoms. The summed E-state index contributed by atoms with van der Waals surface area (Å²) in [5.74, 6) is 0. The van der Waals surface area contributed by atoms with Crippen LogP contribution in [-0.4, -0.2) is 33.4 Å². The van der Waals surface area contributed by atoms with Crippen molar-refractivity contribution in [2.24, 2.45) is 5.73 Å². The van der Waals surface area contributed by atoms with Crippen molar-refractivity contribution >= 4 is 0 Å². The summed E-state index contributed by atoms with van der Waals surface area (Å²) in [6.45, 7) is 1.77. The molecule has 0 saturated carbocycles. The zero-order valence-electron chi connectivity index (χ0n) is 10.8. The minimum atomic E-state index is -0.535. The van der Waals surface area contributed by atoms with Crippen LogP contribution in [0.1, 0.15) is 31.6 Å². The van der Waals surface area contributed by atoms with Crippen LogP contribution in [0.15, 0.2) is 15.8 Å². The third kappa shape index (κ3) is 2.78. The first-order chi connectivity index (χ1) is 9.06. The van der Waals surface area contributed by atoms with Gasteiger partial charge in [-0.05, 0) is 6.42 Å². The summed E-state index contributed by atoms with van der Waals surface area (Å²) in [6, 6.07) is -0.316. The normalized spacial score (nSPS) is 26.8. The number of aliphatic hydroxyl groups is 1. The highest BCUT2D eigenvalue weighted by Crippen LogP contribution is 2.25. The lowest BCUT2D eigenvalue weighted by atomic mass is 10.1. The molecule has 19 heavy (non-hydrogen) atoms. The molecule has 3 atom stereocenters. The Morgan fingerprint density at radius 3 is 2.89 bits per heavy atom. The number of rotatable bonds is 4. The number of aliphatic hydroxyl groups excluding tert-OH is 1. The highest BCUT2D eigenvalue weighted by atomic mass is 16.5. The molecule has 4 N–H and O–H groups in total. The van der Waals surface area contributed by atoms with E-state index in [-0.39, 0.29) is 18.2 Å². The summed E-state index contributed by atoms with van der Waals surface area (Å²) in [5, 5.41) is 9.10. The number of nitrogens with one attached hydrogen (secondary N) is 1. The first-order valence-electron chi connectivity index (χ1n) is 6.43. The first kappa shape index (κ1) is 14.0. The van der Waals surface area contributed by atoms with E-state index in [9.17, 15) is 9.59 Å². The first-order valence-corrected chi connectivity index (χ1v) is 6.43. The molecule has 7 heteroatoms. The third-order valence-corrected chi connectivity index (χ3v) is 3.33. The van der Waals surface area contributed by atoms with Gasteiger partial charge in [-0.2, -0.15) is 0 Å². The molecule has 1 unspecified atom stereocenters. The van der Waals surface area contributed by atoms with Gasteiger partial charge in [0.15, 0.2) is 0 Å². The minimum Gasteiger partial charge on any atom is -0.394 e. The summed E-state index contributed by atoms with van der Waals surface area (Å²) < 4.78 is 6.88. The van der Waals surface area contributed by atoms with Crippen molar-refractivity contribution in [3.63, 3.8) is 0 Å². The number of aryl methyl sites for hydroxylation is 1. The molecule has 0 bridgehead atoms. The van der Waals surface area contributed by atoms with Crippen molar-refractivity contribution in [3.05, 3.63) is 32.6 Å². The summed E-state index contributed by atoms with van der Waals surface area (Å²) >= 11 is 0. The molecule has 2 rings (SSSR count). The summed E-state index contributed by atoms with van der Waals surface area (Å²) in [4.78, 5) is 25.7. The van der Waals surface area contributed by atoms with Crippen molar-refractivity contribution < 1.29 is 9.84 Å². The van der Waals surface area contributed by atoms with Crippen LogP contribution in [0.5, 0.6) is 0 Å². The van der Waals surface area contributed by atoms with Gasteiger partial charge in [-0.3, -0.25) is 14.3 Å². The maximum atomic E-state index is 11.8. The van der Waals surface area contributed by atoms with Gasteiger partial charge in [-0.15, -0.1) is 0 Å². The number of nitrogens with zero attached hydrogens (tertiary/aromatic N) is 1. The number of aromatic nitrogens is 2. The van der Waals surface area contributed by atoms with Crippen molar-refractivity contribution in [2.45, 2.75) is 44.6 Å². The fraction of sp³-hybridized carbons (Fsp3) is 0.667. The standard InChI is InChI=1S/C12H19N3O4/c1-2-3-7-5-15(12(18)14-11(7)17)10-4-8(13)9(6-16)19-10/h5,8-10,16H,2-4,6,13H2,1H3,(H,14,17,18)/t8?,9-,10-/m0/s1. The van der Waals surface area contributed by atoms with E-state index in [1.807, 2.05) is 6.92 Å². The second kappa shape index (κ2) is 5.68. The molecule has 0 radical (unpaired) electrons. The number of nitrogens with two attached hydrogens (primary N) is 1. The fourth-order valence-electron chi connectivity index (χ4n) is 2.29. The molecule has 1 aromatic rings. The summed E-state index contributed by atoms with van der Waals surface area (Å²) in [5.41, 5.74) is 5.50. The highest BCUT2D eigenvalue weighted by molar-refractivity contribution is 5.05. The smallest absolute Gasteiger partial charge is 0.330 e. The molecular weight excluding hydrogens is 250 g/mol. The number of hydrogen-bond acceptors (Lipinski definition) is 5. The van der Waals surface area contributed by atoms with E-state index in [1.54, 1.807) is 0 Å². The van der Waals surface area contributed by atoms with Gasteiger partial charge in [0.1, 0.15) is 6.23 Å². The Bertz CT molecular complexity index is 551. The molecule has 1 saturated heterocycles. The quantitative estimate of drug-likeness (QED) is 0.656. The summed E-state index contributed by atoms with van der Waals surface area (Å²) in [6.07, 6.45) is 2.36. The van der Waals surface area contributed by atoms with Gasteiger partial charge in [0, 0.05) is 24.2 Å². The predicted octanol–water partition coefficient (Wildman–Crippen LogP) is -0.904. The second-order valence-electron chi connectivity index (χ2n) is 4.78. The van der Waals surface area contributed by atoms with Crippen LogP contribution in [0.4, 0.5) is 0 Å². The Labute approximate surface area is 110 Å². The zero-order chi connectivity index (χ0) is 14.0. The fourth-order valence-corrected chi connectivity index (χ4v) is 2.29. The topological polar surface area (TPSA) is 110 Å². The van der Waals surface area contributed by atoms with E-state index in [0.717, 1.165) is 6.42 Å². The molecule has 0 aliphatic carbocycles. The van der Waals surface area contributed by atoms with Gasteiger partial charge in [0.2, 0.25) is 0 Å². The number of ether oxygens (including phenoxy) is 1. The Hall–Kier alpha value is -1.44. The molecule has 1 aromatic heterocycles. The van der Waals surface area contributed by atoms with Crippen LogP contribution in [-0.2, 0) is 11.2 Å². The van der Waals surface area contributed by atoms with Crippen molar-refractivity contribution in [2.75, 3.05) is 6.61 Å². The van der Waals surface area contributed by atoms with E-state index in [2.05, 4.69) is 4.98 Å². The van der Waals surface area contributed by atoms with Crippen LogP contribution >= 0.6 is 0 Å². The van der Waals surface area contributed by atoms with E-state index in [1.165, 1.54) is 10.8 Å². The third-order valence-electron chi connectivity index (χ3n) is 3.33. The van der Waals surface area contributed by atoms with Crippen molar-refractivity contribution in [1.29, 1.82) is 0 Å². The van der Waals surface area contributed by atoms with Crippen molar-refractivity contribution in [1.82, 2.24) is 9.55 Å². The van der Waals surface area contributed by atoms with Crippen LogP contribution in [0, 0.1) is 0 Å².